The number of hydrogen-bond acceptors (Lipinski definition) is 5. The van der Waals surface area contributed by atoms with E-state index in [0.29, 0.717) is 17.2 Å². The number of benzene rings is 1. The smallest absolute Gasteiger partial charge is 0.339 e. The van der Waals surface area contributed by atoms with Gasteiger partial charge in [-0.3, -0.25) is 5.10 Å². The summed E-state index contributed by atoms with van der Waals surface area (Å²) in [6.07, 6.45) is 2.46. The maximum absolute atomic E-state index is 12.2. The first-order chi connectivity index (χ1) is 11.5. The molecule has 0 unspecified atom stereocenters. The third kappa shape index (κ3) is 2.29. The van der Waals surface area contributed by atoms with Gasteiger partial charge in [0.2, 0.25) is 0 Å². The first kappa shape index (κ1) is 14.9. The maximum atomic E-state index is 12.2. The molecule has 1 aromatic carbocycles. The van der Waals surface area contributed by atoms with E-state index in [0.717, 1.165) is 47.2 Å². The second-order valence-electron chi connectivity index (χ2n) is 6.30. The van der Waals surface area contributed by atoms with E-state index in [1.807, 2.05) is 32.9 Å². The van der Waals surface area contributed by atoms with Crippen LogP contribution in [0.25, 0.3) is 11.0 Å². The zero-order valence-corrected chi connectivity index (χ0v) is 14.0. The van der Waals surface area contributed by atoms with Gasteiger partial charge < -0.3 is 9.15 Å². The van der Waals surface area contributed by atoms with Crippen molar-refractivity contribution in [3.8, 4) is 5.75 Å². The molecule has 6 heteroatoms. The van der Waals surface area contributed by atoms with Crippen LogP contribution in [0.5, 0.6) is 5.75 Å². The molecule has 0 aliphatic heterocycles. The van der Waals surface area contributed by atoms with Crippen molar-refractivity contribution in [3.63, 3.8) is 0 Å². The van der Waals surface area contributed by atoms with Crippen molar-refractivity contribution in [2.24, 2.45) is 0 Å². The van der Waals surface area contributed by atoms with E-state index in [1.165, 1.54) is 0 Å². The van der Waals surface area contributed by atoms with Crippen LogP contribution in [0.3, 0.4) is 0 Å². The summed E-state index contributed by atoms with van der Waals surface area (Å²) in [7, 11) is 0. The predicted molar refractivity (Wildman–Crippen MR) is 89.4 cm³/mol. The van der Waals surface area contributed by atoms with E-state index < -0.39 is 0 Å². The van der Waals surface area contributed by atoms with Gasteiger partial charge in [0.25, 0.3) is 0 Å². The van der Waals surface area contributed by atoms with Crippen LogP contribution in [-0.2, 0) is 12.8 Å². The molecular weight excluding hydrogens is 306 g/mol. The van der Waals surface area contributed by atoms with Crippen LogP contribution >= 0.6 is 0 Å². The summed E-state index contributed by atoms with van der Waals surface area (Å²) in [6, 6.07) is 3.92. The highest BCUT2D eigenvalue weighted by molar-refractivity contribution is 5.86. The van der Waals surface area contributed by atoms with Gasteiger partial charge in [-0.2, -0.15) is 5.10 Å². The molecule has 0 saturated carbocycles. The van der Waals surface area contributed by atoms with E-state index in [1.54, 1.807) is 0 Å². The van der Waals surface area contributed by atoms with Crippen LogP contribution in [-0.4, -0.2) is 15.2 Å². The molecule has 3 aromatic rings. The van der Waals surface area contributed by atoms with Crippen molar-refractivity contribution >= 4 is 11.0 Å². The Hall–Kier alpha value is -2.63. The van der Waals surface area contributed by atoms with Crippen molar-refractivity contribution < 1.29 is 9.15 Å². The van der Waals surface area contributed by atoms with Crippen molar-refractivity contribution in [3.05, 3.63) is 50.9 Å². The molecule has 6 nitrogen and oxygen atoms in total. The third-order valence-corrected chi connectivity index (χ3v) is 4.62. The summed E-state index contributed by atoms with van der Waals surface area (Å²) in [5, 5.41) is 7.97. The highest BCUT2D eigenvalue weighted by atomic mass is 16.5. The van der Waals surface area contributed by atoms with Gasteiger partial charge in [0.05, 0.1) is 0 Å². The first-order valence-electron chi connectivity index (χ1n) is 8.18. The summed E-state index contributed by atoms with van der Waals surface area (Å²) < 4.78 is 11.6. The number of nitrogens with zero attached hydrogens (tertiary/aromatic N) is 2. The molecule has 1 N–H and O–H groups in total. The standard InChI is InChI=1S/C18H19N3O3/c1-9-15(23-10(2)17-19-11(3)20-21-17)8-7-13-12-5-4-6-14(12)18(22)24-16(9)13/h7-8,10H,4-6H2,1-3H3,(H,19,20,21)/t10-/m0/s1. The van der Waals surface area contributed by atoms with Crippen LogP contribution < -0.4 is 10.4 Å². The van der Waals surface area contributed by atoms with Gasteiger partial charge in [-0.15, -0.1) is 0 Å². The molecule has 0 radical (unpaired) electrons. The van der Waals surface area contributed by atoms with E-state index in [9.17, 15) is 4.79 Å². The predicted octanol–water partition coefficient (Wildman–Crippen LogP) is 3.16. The highest BCUT2D eigenvalue weighted by Gasteiger charge is 2.22. The Balaban J connectivity index is 1.76. The third-order valence-electron chi connectivity index (χ3n) is 4.62. The van der Waals surface area contributed by atoms with Crippen molar-refractivity contribution in [1.29, 1.82) is 0 Å². The Morgan fingerprint density at radius 3 is 2.79 bits per heavy atom. The SMILES string of the molecule is Cc1nc([C@H](C)Oc2ccc3c4c(c(=O)oc3c2C)CCC4)n[nH]1. The lowest BCUT2D eigenvalue weighted by atomic mass is 10.0. The Morgan fingerprint density at radius 2 is 2.04 bits per heavy atom. The topological polar surface area (TPSA) is 81.0 Å². The Morgan fingerprint density at radius 1 is 1.25 bits per heavy atom. The lowest BCUT2D eigenvalue weighted by Crippen LogP contribution is -2.09. The van der Waals surface area contributed by atoms with Crippen molar-refractivity contribution in [1.82, 2.24) is 15.2 Å². The lowest BCUT2D eigenvalue weighted by Gasteiger charge is -2.15. The molecule has 2 heterocycles. The molecule has 1 atom stereocenters. The van der Waals surface area contributed by atoms with Gasteiger partial charge in [0, 0.05) is 16.5 Å². The molecule has 24 heavy (non-hydrogen) atoms. The molecular formula is C18H19N3O3. The number of aromatic amines is 1. The zero-order chi connectivity index (χ0) is 16.8. The lowest BCUT2D eigenvalue weighted by molar-refractivity contribution is 0.215. The molecule has 2 aromatic heterocycles. The summed E-state index contributed by atoms with van der Waals surface area (Å²) in [5.74, 6) is 2.03. The fourth-order valence-corrected chi connectivity index (χ4v) is 3.38. The number of aryl methyl sites for hydroxylation is 3. The highest BCUT2D eigenvalue weighted by Crippen LogP contribution is 2.34. The van der Waals surface area contributed by atoms with Crippen LogP contribution in [0.2, 0.25) is 0 Å². The number of H-pyrrole nitrogens is 1. The number of fused-ring (bicyclic) bond motifs is 3. The Kier molecular flexibility index (Phi) is 3.40. The van der Waals surface area contributed by atoms with E-state index in [-0.39, 0.29) is 11.7 Å². The van der Waals surface area contributed by atoms with E-state index in [4.69, 9.17) is 9.15 Å². The first-order valence-corrected chi connectivity index (χ1v) is 8.18. The monoisotopic (exact) mass is 325 g/mol. The van der Waals surface area contributed by atoms with E-state index >= 15 is 0 Å². The minimum atomic E-state index is -0.299. The van der Waals surface area contributed by atoms with Crippen LogP contribution in [0.15, 0.2) is 21.3 Å². The Bertz CT molecular complexity index is 987. The van der Waals surface area contributed by atoms with Crippen LogP contribution in [0.1, 0.15) is 47.8 Å². The fraction of sp³-hybridized carbons (Fsp3) is 0.389. The van der Waals surface area contributed by atoms with Gasteiger partial charge in [0.15, 0.2) is 11.9 Å². The van der Waals surface area contributed by atoms with Crippen LogP contribution in [0, 0.1) is 13.8 Å². The normalized spacial score (nSPS) is 14.8. The molecule has 0 spiro atoms. The minimum absolute atomic E-state index is 0.215. The average Bonchev–Trinajstić information content (AvgIpc) is 3.20. The number of nitrogens with one attached hydrogen (secondary N) is 1. The Labute approximate surface area is 138 Å². The molecule has 4 rings (SSSR count). The van der Waals surface area contributed by atoms with Crippen molar-refractivity contribution in [2.45, 2.75) is 46.1 Å². The summed E-state index contributed by atoms with van der Waals surface area (Å²) >= 11 is 0. The largest absolute Gasteiger partial charge is 0.482 e. The second kappa shape index (κ2) is 5.47. The fourth-order valence-electron chi connectivity index (χ4n) is 3.38. The summed E-state index contributed by atoms with van der Waals surface area (Å²) in [4.78, 5) is 16.5. The molecule has 0 amide bonds. The molecule has 0 saturated heterocycles. The summed E-state index contributed by atoms with van der Waals surface area (Å²) in [6.45, 7) is 5.66. The van der Waals surface area contributed by atoms with Gasteiger partial charge in [-0.05, 0) is 57.7 Å². The average molecular weight is 325 g/mol. The summed E-state index contributed by atoms with van der Waals surface area (Å²) in [5.41, 5.74) is 3.21. The number of aromatic nitrogens is 3. The van der Waals surface area contributed by atoms with E-state index in [2.05, 4.69) is 15.2 Å². The van der Waals surface area contributed by atoms with Crippen molar-refractivity contribution in [2.75, 3.05) is 0 Å². The zero-order valence-electron chi connectivity index (χ0n) is 14.0. The van der Waals surface area contributed by atoms with Gasteiger partial charge >= 0.3 is 5.63 Å². The molecule has 1 aliphatic carbocycles. The number of hydrogen-bond donors (Lipinski definition) is 1. The second-order valence-corrected chi connectivity index (χ2v) is 6.30. The molecule has 0 bridgehead atoms. The molecule has 1 aliphatic rings. The van der Waals surface area contributed by atoms with Gasteiger partial charge in [0.1, 0.15) is 17.2 Å². The number of ether oxygens (including phenoxy) is 1. The molecule has 0 fully saturated rings. The van der Waals surface area contributed by atoms with Gasteiger partial charge in [-0.25, -0.2) is 9.78 Å². The minimum Gasteiger partial charge on any atom is -0.482 e. The van der Waals surface area contributed by atoms with Crippen LogP contribution in [0.4, 0.5) is 0 Å². The molecule has 124 valence electrons. The maximum Gasteiger partial charge on any atom is 0.339 e. The van der Waals surface area contributed by atoms with Gasteiger partial charge in [-0.1, -0.05) is 0 Å². The quantitative estimate of drug-likeness (QED) is 0.748. The number of rotatable bonds is 3.